The first-order chi connectivity index (χ1) is 17.6. The van der Waals surface area contributed by atoms with E-state index in [2.05, 4.69) is 22.9 Å². The molecule has 2 aromatic rings. The Morgan fingerprint density at radius 3 is 2.49 bits per heavy atom. The van der Waals surface area contributed by atoms with Gasteiger partial charge in [0.1, 0.15) is 17.4 Å². The highest BCUT2D eigenvalue weighted by atomic mass is 16.6. The van der Waals surface area contributed by atoms with E-state index in [0.717, 1.165) is 36.6 Å². The fourth-order valence-electron chi connectivity index (χ4n) is 3.71. The van der Waals surface area contributed by atoms with Gasteiger partial charge in [0.15, 0.2) is 0 Å². The maximum absolute atomic E-state index is 12.6. The molecule has 0 spiro atoms. The number of aryl methyl sites for hydroxylation is 1. The fourth-order valence-corrected chi connectivity index (χ4v) is 3.71. The normalized spacial score (nSPS) is 12.4. The van der Waals surface area contributed by atoms with Gasteiger partial charge < -0.3 is 30.8 Å². The van der Waals surface area contributed by atoms with E-state index in [1.165, 1.54) is 12.1 Å². The van der Waals surface area contributed by atoms with Crippen LogP contribution in [0.4, 0.5) is 4.79 Å². The van der Waals surface area contributed by atoms with Crippen molar-refractivity contribution in [3.8, 4) is 5.75 Å². The van der Waals surface area contributed by atoms with Crippen molar-refractivity contribution in [3.05, 3.63) is 40.2 Å². The Kier molecular flexibility index (Phi) is 11.6. The molecule has 1 aromatic carbocycles. The zero-order chi connectivity index (χ0) is 27.4. The lowest BCUT2D eigenvalue weighted by Crippen LogP contribution is -2.52. The first-order valence-corrected chi connectivity index (χ1v) is 12.5. The van der Waals surface area contributed by atoms with E-state index >= 15 is 0 Å². The van der Waals surface area contributed by atoms with Crippen molar-refractivity contribution in [2.75, 3.05) is 6.54 Å². The molecule has 202 valence electrons. The fraction of sp³-hybridized carbons (Fsp3) is 0.500. The molecule has 1 aromatic heterocycles. The highest BCUT2D eigenvalue weighted by Crippen LogP contribution is 2.22. The minimum atomic E-state index is -1.11. The first-order valence-electron chi connectivity index (χ1n) is 12.5. The van der Waals surface area contributed by atoms with Crippen molar-refractivity contribution in [2.45, 2.75) is 77.8 Å². The number of unbranched alkanes of at least 4 members (excludes halogenated alkanes) is 4. The van der Waals surface area contributed by atoms with Crippen molar-refractivity contribution in [2.24, 2.45) is 5.73 Å². The largest absolute Gasteiger partial charge is 0.423 e. The summed E-state index contributed by atoms with van der Waals surface area (Å²) in [5.41, 5.74) is 5.77. The summed E-state index contributed by atoms with van der Waals surface area (Å²) in [4.78, 5) is 60.1. The van der Waals surface area contributed by atoms with Crippen molar-refractivity contribution >= 4 is 34.8 Å². The highest BCUT2D eigenvalue weighted by Gasteiger charge is 2.24. The molecular formula is C26H36N4O7. The van der Waals surface area contributed by atoms with Crippen LogP contribution in [-0.4, -0.2) is 42.4 Å². The number of hydrogen-bond donors (Lipinski definition) is 4. The summed E-state index contributed by atoms with van der Waals surface area (Å²) >= 11 is 0. The van der Waals surface area contributed by atoms with Crippen LogP contribution in [0.15, 0.2) is 33.5 Å². The molecule has 0 fully saturated rings. The van der Waals surface area contributed by atoms with E-state index in [4.69, 9.17) is 14.9 Å². The molecule has 2 atom stereocenters. The Morgan fingerprint density at radius 1 is 1.05 bits per heavy atom. The molecule has 0 radical (unpaired) electrons. The quantitative estimate of drug-likeness (QED) is 0.221. The van der Waals surface area contributed by atoms with E-state index in [9.17, 15) is 24.0 Å². The molecule has 0 aliphatic heterocycles. The minimum absolute atomic E-state index is 0.0149. The van der Waals surface area contributed by atoms with Gasteiger partial charge in [-0.1, -0.05) is 32.6 Å². The van der Waals surface area contributed by atoms with Gasteiger partial charge in [0, 0.05) is 36.5 Å². The number of hydrogen-bond acceptors (Lipinski definition) is 7. The van der Waals surface area contributed by atoms with Crippen LogP contribution < -0.4 is 32.0 Å². The van der Waals surface area contributed by atoms with E-state index < -0.39 is 35.6 Å². The van der Waals surface area contributed by atoms with Crippen LogP contribution in [0.1, 0.15) is 64.4 Å². The SMILES string of the molecule is CCCCCCCC(=O)N[C@H](CC(N)=O)C(=O)N[C@@H](C)CNC(=O)Oc1ccc2c(C)cc(=O)oc2c1. The third kappa shape index (κ3) is 10.3. The second kappa shape index (κ2) is 14.6. The topological polar surface area (TPSA) is 170 Å². The highest BCUT2D eigenvalue weighted by molar-refractivity contribution is 5.91. The predicted molar refractivity (Wildman–Crippen MR) is 138 cm³/mol. The third-order valence-electron chi connectivity index (χ3n) is 5.64. The van der Waals surface area contributed by atoms with E-state index in [1.54, 1.807) is 26.0 Å². The summed E-state index contributed by atoms with van der Waals surface area (Å²) in [7, 11) is 0. The standard InChI is InChI=1S/C26H36N4O7/c1-4-5-6-7-8-9-23(32)30-20(14-22(27)31)25(34)29-17(3)15-28-26(35)36-18-10-11-19-16(2)12-24(33)37-21(19)13-18/h10-13,17,20H,4-9,14-15H2,1-3H3,(H2,27,31)(H,28,35)(H,29,34)(H,30,32)/t17-,20+/m0/s1. The molecule has 0 aliphatic rings. The number of fused-ring (bicyclic) bond motifs is 1. The molecule has 11 nitrogen and oxygen atoms in total. The van der Waals surface area contributed by atoms with Gasteiger partial charge in [-0.05, 0) is 38.0 Å². The maximum atomic E-state index is 12.6. The maximum Gasteiger partial charge on any atom is 0.412 e. The summed E-state index contributed by atoms with van der Waals surface area (Å²) in [6.07, 6.45) is 4.00. The zero-order valence-electron chi connectivity index (χ0n) is 21.6. The summed E-state index contributed by atoms with van der Waals surface area (Å²) in [5.74, 6) is -1.46. The van der Waals surface area contributed by atoms with Gasteiger partial charge in [0.2, 0.25) is 17.7 Å². The monoisotopic (exact) mass is 516 g/mol. The average Bonchev–Trinajstić information content (AvgIpc) is 2.81. The number of carbonyl (C=O) groups excluding carboxylic acids is 4. The number of carbonyl (C=O) groups is 4. The number of benzene rings is 1. The van der Waals surface area contributed by atoms with Gasteiger partial charge in [0.05, 0.1) is 6.42 Å². The van der Waals surface area contributed by atoms with E-state index in [1.807, 2.05) is 0 Å². The van der Waals surface area contributed by atoms with Gasteiger partial charge in [-0.15, -0.1) is 0 Å². The third-order valence-corrected chi connectivity index (χ3v) is 5.64. The van der Waals surface area contributed by atoms with Crippen molar-refractivity contribution in [1.29, 1.82) is 0 Å². The Morgan fingerprint density at radius 2 is 1.78 bits per heavy atom. The first kappa shape index (κ1) is 29.3. The molecule has 37 heavy (non-hydrogen) atoms. The zero-order valence-corrected chi connectivity index (χ0v) is 21.6. The number of primary amides is 1. The molecule has 11 heteroatoms. The predicted octanol–water partition coefficient (Wildman–Crippen LogP) is 2.42. The van der Waals surface area contributed by atoms with Crippen LogP contribution >= 0.6 is 0 Å². The molecular weight excluding hydrogens is 480 g/mol. The number of rotatable bonds is 14. The number of ether oxygens (including phenoxy) is 1. The van der Waals surface area contributed by atoms with Crippen molar-refractivity contribution in [3.63, 3.8) is 0 Å². The van der Waals surface area contributed by atoms with Crippen LogP contribution in [0.5, 0.6) is 5.75 Å². The Bertz CT molecular complexity index is 1160. The van der Waals surface area contributed by atoms with Crippen LogP contribution in [0.3, 0.4) is 0 Å². The molecule has 0 saturated carbocycles. The lowest BCUT2D eigenvalue weighted by Gasteiger charge is -2.21. The van der Waals surface area contributed by atoms with E-state index in [0.29, 0.717) is 12.0 Å². The molecule has 1 heterocycles. The van der Waals surface area contributed by atoms with Crippen molar-refractivity contribution in [1.82, 2.24) is 16.0 Å². The Balaban J connectivity index is 1.84. The molecule has 0 bridgehead atoms. The van der Waals surface area contributed by atoms with Gasteiger partial charge in [0.25, 0.3) is 0 Å². The Hall–Kier alpha value is -3.89. The van der Waals surface area contributed by atoms with Gasteiger partial charge in [-0.25, -0.2) is 9.59 Å². The summed E-state index contributed by atoms with van der Waals surface area (Å²) < 4.78 is 10.4. The van der Waals surface area contributed by atoms with Gasteiger partial charge in [-0.3, -0.25) is 14.4 Å². The Labute approximate surface area is 215 Å². The summed E-state index contributed by atoms with van der Waals surface area (Å²) in [6, 6.07) is 4.41. The second-order valence-electron chi connectivity index (χ2n) is 9.04. The van der Waals surface area contributed by atoms with E-state index in [-0.39, 0.29) is 31.0 Å². The molecule has 4 amide bonds. The molecule has 5 N–H and O–H groups in total. The number of amides is 4. The van der Waals surface area contributed by atoms with Crippen molar-refractivity contribution < 1.29 is 28.3 Å². The van der Waals surface area contributed by atoms with Gasteiger partial charge in [-0.2, -0.15) is 0 Å². The lowest BCUT2D eigenvalue weighted by molar-refractivity contribution is -0.131. The average molecular weight is 517 g/mol. The minimum Gasteiger partial charge on any atom is -0.423 e. The summed E-state index contributed by atoms with van der Waals surface area (Å²) in [6.45, 7) is 5.53. The smallest absolute Gasteiger partial charge is 0.412 e. The summed E-state index contributed by atoms with van der Waals surface area (Å²) in [5, 5.41) is 8.46. The van der Waals surface area contributed by atoms with Crippen LogP contribution in [0.2, 0.25) is 0 Å². The molecule has 0 unspecified atom stereocenters. The lowest BCUT2D eigenvalue weighted by atomic mass is 10.1. The van der Waals surface area contributed by atoms with Crippen LogP contribution in [0.25, 0.3) is 11.0 Å². The molecule has 0 aliphatic carbocycles. The van der Waals surface area contributed by atoms with Crippen LogP contribution in [-0.2, 0) is 14.4 Å². The number of nitrogens with one attached hydrogen (secondary N) is 3. The molecule has 0 saturated heterocycles. The second-order valence-corrected chi connectivity index (χ2v) is 9.04. The van der Waals surface area contributed by atoms with Gasteiger partial charge >= 0.3 is 11.7 Å². The molecule has 2 rings (SSSR count). The van der Waals surface area contributed by atoms with Crippen LogP contribution in [0, 0.1) is 6.92 Å². The number of nitrogens with two attached hydrogens (primary N) is 1.